The molecule has 0 saturated heterocycles. The van der Waals surface area contributed by atoms with Crippen molar-refractivity contribution >= 4 is 70.8 Å². The molecule has 1 aromatic carbocycles. The lowest BCUT2D eigenvalue weighted by Gasteiger charge is -2.25. The molecule has 0 fully saturated rings. The summed E-state index contributed by atoms with van der Waals surface area (Å²) >= 11 is 0. The van der Waals surface area contributed by atoms with Gasteiger partial charge in [0.15, 0.2) is 5.78 Å². The molecule has 16 N–H and O–H groups in total. The summed E-state index contributed by atoms with van der Waals surface area (Å²) in [6, 6.07) is 8.73. The van der Waals surface area contributed by atoms with Crippen LogP contribution in [-0.4, -0.2) is 177 Å². The van der Waals surface area contributed by atoms with Crippen LogP contribution in [0.3, 0.4) is 0 Å². The average molecular weight is 1450 g/mol. The summed E-state index contributed by atoms with van der Waals surface area (Å²) in [6.45, 7) is 52.8. The highest BCUT2D eigenvalue weighted by atomic mass is 16.6. The molecule has 27 nitrogen and oxygen atoms in total. The van der Waals surface area contributed by atoms with Gasteiger partial charge in [-0.15, -0.1) is 0 Å². The maximum absolute atomic E-state index is 12.7. The monoisotopic (exact) mass is 1450 g/mol. The number of Topliss-reactive ketones (excluding diaryl/α,β-unsaturated/α-hetero) is 4. The second-order valence-corrected chi connectivity index (χ2v) is 32.9. The van der Waals surface area contributed by atoms with E-state index in [1.807, 2.05) is 127 Å². The maximum Gasteiger partial charge on any atom is 0.407 e. The molecule has 0 aliphatic rings. The molecular weight excluding hydrogens is 1310 g/mol. The van der Waals surface area contributed by atoms with Gasteiger partial charge in [0.2, 0.25) is 35.4 Å². The Morgan fingerprint density at radius 2 is 0.735 bits per heavy atom. The number of hydrogen-bond acceptors (Lipinski definition) is 19. The molecule has 102 heavy (non-hydrogen) atoms. The van der Waals surface area contributed by atoms with Gasteiger partial charge in [0.25, 0.3) is 0 Å². The van der Waals surface area contributed by atoms with Crippen molar-refractivity contribution in [3.05, 3.63) is 35.9 Å². The molecule has 0 radical (unpaired) electrons. The molecule has 0 aromatic heterocycles. The van der Waals surface area contributed by atoms with Gasteiger partial charge in [-0.2, -0.15) is 0 Å². The van der Waals surface area contributed by atoms with Crippen LogP contribution in [0.4, 0.5) is 9.59 Å². The molecule has 0 saturated carbocycles. The van der Waals surface area contributed by atoms with Crippen LogP contribution < -0.4 is 70.4 Å². The highest BCUT2D eigenvalue weighted by Gasteiger charge is 2.33. The van der Waals surface area contributed by atoms with E-state index >= 15 is 0 Å². The Balaban J connectivity index is -0.000000400. The van der Waals surface area contributed by atoms with Crippen molar-refractivity contribution in [2.45, 2.75) is 260 Å². The van der Waals surface area contributed by atoms with Gasteiger partial charge in [0.05, 0.1) is 51.4 Å². The Labute approximate surface area is 613 Å². The van der Waals surface area contributed by atoms with Crippen LogP contribution in [0.1, 0.15) is 225 Å². The van der Waals surface area contributed by atoms with E-state index < -0.39 is 64.5 Å². The first-order valence-electron chi connectivity index (χ1n) is 35.8. The van der Waals surface area contributed by atoms with Crippen molar-refractivity contribution in [1.82, 2.24) is 53.2 Å². The zero-order valence-electron chi connectivity index (χ0n) is 67.9. The van der Waals surface area contributed by atoms with Crippen LogP contribution in [0, 0.1) is 40.4 Å². The van der Waals surface area contributed by atoms with Crippen molar-refractivity contribution in [3.63, 3.8) is 0 Å². The van der Waals surface area contributed by atoms with Crippen LogP contribution >= 0.6 is 0 Å². The highest BCUT2D eigenvalue weighted by Crippen LogP contribution is 2.27. The molecule has 0 aliphatic heterocycles. The van der Waals surface area contributed by atoms with E-state index in [9.17, 15) is 57.5 Å². The zero-order chi connectivity index (χ0) is 80.6. The Bertz CT molecular complexity index is 2510. The molecule has 0 heterocycles. The average Bonchev–Trinajstić information content (AvgIpc) is 0.863. The number of ketones is 4. The number of alkyl carbamates (subject to hydrolysis) is 2. The van der Waals surface area contributed by atoms with Crippen LogP contribution in [-0.2, 0) is 63.8 Å². The van der Waals surface area contributed by atoms with Gasteiger partial charge in [-0.1, -0.05) is 141 Å². The molecule has 1 aromatic rings. The summed E-state index contributed by atoms with van der Waals surface area (Å²) in [4.78, 5) is 141. The summed E-state index contributed by atoms with van der Waals surface area (Å²) in [5, 5.41) is 25.8. The number of benzene rings is 1. The topological polar surface area (TPSA) is 422 Å². The van der Waals surface area contributed by atoms with Crippen molar-refractivity contribution in [3.8, 4) is 0 Å². The predicted octanol–water partition coefficient (Wildman–Crippen LogP) is 6.88. The Morgan fingerprint density at radius 3 is 1.04 bits per heavy atom. The van der Waals surface area contributed by atoms with E-state index in [0.29, 0.717) is 19.4 Å². The molecule has 592 valence electrons. The van der Waals surface area contributed by atoms with Crippen molar-refractivity contribution in [2.24, 2.45) is 57.6 Å². The van der Waals surface area contributed by atoms with Gasteiger partial charge in [-0.3, -0.25) is 47.9 Å². The second-order valence-electron chi connectivity index (χ2n) is 32.9. The van der Waals surface area contributed by atoms with Crippen molar-refractivity contribution in [1.29, 1.82) is 0 Å². The third kappa shape index (κ3) is 70.1. The first-order valence-corrected chi connectivity index (χ1v) is 35.8. The van der Waals surface area contributed by atoms with E-state index in [1.54, 1.807) is 48.5 Å². The number of nitrogens with one attached hydrogen (secondary N) is 10. The number of amides is 8. The van der Waals surface area contributed by atoms with Gasteiger partial charge >= 0.3 is 12.2 Å². The van der Waals surface area contributed by atoms with E-state index in [0.717, 1.165) is 30.2 Å². The molecule has 0 spiro atoms. The minimum absolute atomic E-state index is 0.0138. The van der Waals surface area contributed by atoms with E-state index in [4.69, 9.17) is 26.7 Å². The Kier molecular flexibility index (Phi) is 54.7. The van der Waals surface area contributed by atoms with Crippen LogP contribution in [0.25, 0.3) is 0 Å². The lowest BCUT2D eigenvalue weighted by molar-refractivity contribution is -0.134. The number of carbonyl (C=O) groups excluding carboxylic acids is 12. The normalized spacial score (nSPS) is 12.6. The molecule has 4 unspecified atom stereocenters. The van der Waals surface area contributed by atoms with Gasteiger partial charge in [0.1, 0.15) is 28.6 Å². The first kappa shape index (κ1) is 104. The fraction of sp³-hybridized carbons (Fsp3) is 0.760. The Morgan fingerprint density at radius 1 is 0.412 bits per heavy atom. The fourth-order valence-electron chi connectivity index (χ4n) is 7.63. The van der Waals surface area contributed by atoms with Crippen LogP contribution in [0.2, 0.25) is 0 Å². The molecule has 8 amide bonds. The van der Waals surface area contributed by atoms with Crippen LogP contribution in [0.5, 0.6) is 0 Å². The predicted molar refractivity (Wildman–Crippen MR) is 408 cm³/mol. The van der Waals surface area contributed by atoms with E-state index in [2.05, 4.69) is 94.7 Å². The van der Waals surface area contributed by atoms with Gasteiger partial charge < -0.3 is 79.8 Å². The number of ether oxygens (including phenoxy) is 2. The summed E-state index contributed by atoms with van der Waals surface area (Å²) < 4.78 is 10.1. The van der Waals surface area contributed by atoms with Gasteiger partial charge in [-0.05, 0) is 132 Å². The molecular formula is C75H143N13O14. The largest absolute Gasteiger partial charge is 0.444 e. The molecule has 4 atom stereocenters. The molecule has 0 bridgehead atoms. The smallest absolute Gasteiger partial charge is 0.407 e. The lowest BCUT2D eigenvalue weighted by Crippen LogP contribution is -2.47. The highest BCUT2D eigenvalue weighted by molar-refractivity contribution is 5.94. The first-order chi connectivity index (χ1) is 46.4. The van der Waals surface area contributed by atoms with Gasteiger partial charge in [0, 0.05) is 72.8 Å². The second kappa shape index (κ2) is 53.8. The van der Waals surface area contributed by atoms with Crippen molar-refractivity contribution < 1.29 is 67.0 Å². The summed E-state index contributed by atoms with van der Waals surface area (Å²) in [6.07, 6.45) is 2.31. The third-order valence-corrected chi connectivity index (χ3v) is 12.6. The fourth-order valence-corrected chi connectivity index (χ4v) is 7.63. The van der Waals surface area contributed by atoms with Crippen LogP contribution in [0.15, 0.2) is 30.3 Å². The number of hydrogen-bond donors (Lipinski definition) is 13. The minimum atomic E-state index is -0.587. The number of unbranched alkanes of at least 4 members (excludes halogenated alkanes) is 1. The Hall–Kier alpha value is -6.94. The number of carbonyl (C=O) groups is 12. The molecule has 27 heteroatoms. The standard InChI is InChI=1S/C20H32N2O2.2C17H33N5O5.C13H25NO2.2C4H10/c1-20(2,3)19(24)16(11-7-8-12-21)14-18(23)17(22)13-15-9-5-4-6-10-15;2*1-16(2,3)22-11-14(25)21-10-13(24)20-9-12(23)18-7-8-19-15(26)27-17(4,5)6;1-8(2)11(14)10(15)7-9(3)12(16)13(4,5)6;2*1-4(2)3/h4-6,9-10,16-17H,7-8,11-14,21-22H2,1-3H3;2*22H,7-11H2,1-6H3,(H,18,23)(H,19,26)(H,20,24)(H,21,25);8-9,11H,7,14H2,1-6H3;2*4H,1-3H3. The lowest BCUT2D eigenvalue weighted by atomic mass is 9.78. The number of rotatable bonds is 33. The molecule has 0 aliphatic carbocycles. The summed E-state index contributed by atoms with van der Waals surface area (Å²) in [7, 11) is 0. The van der Waals surface area contributed by atoms with Crippen molar-refractivity contribution in [2.75, 3.05) is 72.0 Å². The van der Waals surface area contributed by atoms with Gasteiger partial charge in [-0.25, -0.2) is 9.59 Å². The summed E-state index contributed by atoms with van der Waals surface area (Å²) in [5.74, 6) is -0.860. The zero-order valence-corrected chi connectivity index (χ0v) is 67.9. The maximum atomic E-state index is 12.7. The number of nitrogens with two attached hydrogens (primary N) is 3. The third-order valence-electron chi connectivity index (χ3n) is 12.6. The van der Waals surface area contributed by atoms with E-state index in [1.165, 1.54) is 0 Å². The quantitative estimate of drug-likeness (QED) is 0.0319. The summed E-state index contributed by atoms with van der Waals surface area (Å²) in [5.41, 5.74) is 16.0. The SMILES string of the molecule is CC(C)(C)C(=O)C(CCCCN)CC(=O)C(N)Cc1ccccc1.CC(C)(C)NCC(=O)NCC(=O)NCC(=O)NCCNC(=O)OC(C)(C)C.CC(C)(C)NCC(=O)NCC(=O)NCC(=O)NCCNC(=O)OC(C)(C)C.CC(C)C.CC(C)C.CC(CC(=O)C(N)C(C)C)C(=O)C(C)(C)C. The minimum Gasteiger partial charge on any atom is -0.444 e. The molecule has 1 rings (SSSR count). The van der Waals surface area contributed by atoms with E-state index in [-0.39, 0.29) is 147 Å².